The van der Waals surface area contributed by atoms with Crippen molar-refractivity contribution < 1.29 is 4.74 Å². The van der Waals surface area contributed by atoms with E-state index in [1.165, 1.54) is 0 Å². The van der Waals surface area contributed by atoms with Crippen LogP contribution in [0.4, 0.5) is 0 Å². The average Bonchev–Trinajstić information content (AvgIpc) is 2.68. The second-order valence-corrected chi connectivity index (χ2v) is 4.24. The Morgan fingerprint density at radius 1 is 1.29 bits per heavy atom. The molecule has 0 N–H and O–H groups in total. The lowest BCUT2D eigenvalue weighted by Crippen LogP contribution is -2.56. The quantitative estimate of drug-likeness (QED) is 0.586. The summed E-state index contributed by atoms with van der Waals surface area (Å²) in [6, 6.07) is 2.44. The molecule has 2 fully saturated rings. The van der Waals surface area contributed by atoms with E-state index >= 15 is 0 Å². The van der Waals surface area contributed by atoms with E-state index in [4.69, 9.17) is 4.74 Å². The fraction of sp³-hybridized carbons (Fsp3) is 0.900. The van der Waals surface area contributed by atoms with Crippen molar-refractivity contribution in [3.8, 4) is 6.07 Å². The van der Waals surface area contributed by atoms with E-state index in [2.05, 4.69) is 22.9 Å². The lowest BCUT2D eigenvalue weighted by atomic mass is 9.97. The normalized spacial score (nSPS) is 35.7. The van der Waals surface area contributed by atoms with Crippen molar-refractivity contribution in [3.63, 3.8) is 0 Å². The van der Waals surface area contributed by atoms with Gasteiger partial charge in [0.05, 0.1) is 12.7 Å². The first-order valence-corrected chi connectivity index (χ1v) is 5.19. The molecule has 0 saturated carbocycles. The molecule has 2 aliphatic rings. The number of piperazine rings is 1. The highest BCUT2D eigenvalue weighted by Crippen LogP contribution is 2.26. The second kappa shape index (κ2) is 3.85. The zero-order chi connectivity index (χ0) is 10.0. The van der Waals surface area contributed by atoms with Gasteiger partial charge in [0.1, 0.15) is 5.54 Å². The fourth-order valence-electron chi connectivity index (χ4n) is 2.20. The lowest BCUT2D eigenvalue weighted by Gasteiger charge is -2.40. The molecule has 0 spiro atoms. The van der Waals surface area contributed by atoms with E-state index in [0.29, 0.717) is 6.61 Å². The minimum Gasteiger partial charge on any atom is -0.378 e. The molecule has 0 amide bonds. The average molecular weight is 195 g/mol. The van der Waals surface area contributed by atoms with Crippen LogP contribution in [0.3, 0.4) is 0 Å². The van der Waals surface area contributed by atoms with Crippen molar-refractivity contribution >= 4 is 0 Å². The van der Waals surface area contributed by atoms with E-state index in [0.717, 1.165) is 39.2 Å². The minimum absolute atomic E-state index is 0.318. The van der Waals surface area contributed by atoms with Crippen LogP contribution in [-0.4, -0.2) is 61.8 Å². The van der Waals surface area contributed by atoms with E-state index in [-0.39, 0.29) is 5.54 Å². The molecule has 1 unspecified atom stereocenters. The zero-order valence-corrected chi connectivity index (χ0v) is 8.70. The predicted molar refractivity (Wildman–Crippen MR) is 52.9 cm³/mol. The maximum absolute atomic E-state index is 9.25. The van der Waals surface area contributed by atoms with Crippen LogP contribution in [0.2, 0.25) is 0 Å². The largest absolute Gasteiger partial charge is 0.378 e. The van der Waals surface area contributed by atoms with Gasteiger partial charge in [-0.25, -0.2) is 0 Å². The van der Waals surface area contributed by atoms with Crippen molar-refractivity contribution in [1.82, 2.24) is 9.80 Å². The summed E-state index contributed by atoms with van der Waals surface area (Å²) < 4.78 is 5.35. The maximum Gasteiger partial charge on any atom is 0.135 e. The third-order valence-corrected chi connectivity index (χ3v) is 3.32. The summed E-state index contributed by atoms with van der Waals surface area (Å²) in [5.41, 5.74) is -0.318. The van der Waals surface area contributed by atoms with Crippen LogP contribution in [0.15, 0.2) is 0 Å². The van der Waals surface area contributed by atoms with Gasteiger partial charge in [-0.2, -0.15) is 5.26 Å². The smallest absolute Gasteiger partial charge is 0.135 e. The summed E-state index contributed by atoms with van der Waals surface area (Å²) in [7, 11) is 2.13. The highest BCUT2D eigenvalue weighted by molar-refractivity contribution is 5.11. The standard InChI is InChI=1S/C10H17N3O/c1-12-3-5-13(6-4-12)10(8-11)2-7-14-9-10/h2-7,9H2,1H3. The van der Waals surface area contributed by atoms with Crippen molar-refractivity contribution in [3.05, 3.63) is 0 Å². The van der Waals surface area contributed by atoms with Crippen LogP contribution < -0.4 is 0 Å². The third-order valence-electron chi connectivity index (χ3n) is 3.32. The van der Waals surface area contributed by atoms with Crippen LogP contribution in [0.1, 0.15) is 6.42 Å². The number of rotatable bonds is 1. The van der Waals surface area contributed by atoms with Crippen molar-refractivity contribution in [1.29, 1.82) is 5.26 Å². The molecule has 4 nitrogen and oxygen atoms in total. The van der Waals surface area contributed by atoms with Crippen molar-refractivity contribution in [2.75, 3.05) is 46.4 Å². The van der Waals surface area contributed by atoms with Crippen LogP contribution in [0.25, 0.3) is 0 Å². The molecule has 2 aliphatic heterocycles. The van der Waals surface area contributed by atoms with E-state index in [1.54, 1.807) is 0 Å². The summed E-state index contributed by atoms with van der Waals surface area (Å²) in [6.45, 7) is 5.43. The van der Waals surface area contributed by atoms with Gasteiger partial charge in [0.15, 0.2) is 0 Å². The molecule has 0 aliphatic carbocycles. The Labute approximate surface area is 85.0 Å². The molecule has 0 aromatic heterocycles. The van der Waals surface area contributed by atoms with Gasteiger partial charge in [0.2, 0.25) is 0 Å². The van der Waals surface area contributed by atoms with Gasteiger partial charge in [-0.05, 0) is 7.05 Å². The van der Waals surface area contributed by atoms with Crippen LogP contribution in [0, 0.1) is 11.3 Å². The molecule has 4 heteroatoms. The number of hydrogen-bond acceptors (Lipinski definition) is 4. The first-order valence-electron chi connectivity index (χ1n) is 5.19. The molecular formula is C10H17N3O. The zero-order valence-electron chi connectivity index (χ0n) is 8.70. The fourth-order valence-corrected chi connectivity index (χ4v) is 2.20. The van der Waals surface area contributed by atoms with Gasteiger partial charge in [0, 0.05) is 39.2 Å². The monoisotopic (exact) mass is 195 g/mol. The van der Waals surface area contributed by atoms with Gasteiger partial charge in [-0.1, -0.05) is 0 Å². The highest BCUT2D eigenvalue weighted by atomic mass is 16.5. The summed E-state index contributed by atoms with van der Waals surface area (Å²) in [5.74, 6) is 0. The van der Waals surface area contributed by atoms with Gasteiger partial charge in [-0.3, -0.25) is 4.90 Å². The van der Waals surface area contributed by atoms with Crippen LogP contribution in [-0.2, 0) is 4.74 Å². The van der Waals surface area contributed by atoms with E-state index in [1.807, 2.05) is 0 Å². The molecule has 14 heavy (non-hydrogen) atoms. The molecule has 2 heterocycles. The Balaban J connectivity index is 2.02. The molecule has 0 aromatic rings. The van der Waals surface area contributed by atoms with Crippen LogP contribution >= 0.6 is 0 Å². The Morgan fingerprint density at radius 3 is 2.50 bits per heavy atom. The molecule has 0 aromatic carbocycles. The first kappa shape index (κ1) is 9.91. The van der Waals surface area contributed by atoms with Gasteiger partial charge in [-0.15, -0.1) is 0 Å². The van der Waals surface area contributed by atoms with Gasteiger partial charge < -0.3 is 9.64 Å². The Kier molecular flexibility index (Phi) is 2.73. The third kappa shape index (κ3) is 1.63. The maximum atomic E-state index is 9.25. The molecular weight excluding hydrogens is 178 g/mol. The van der Waals surface area contributed by atoms with E-state index in [9.17, 15) is 5.26 Å². The Hall–Kier alpha value is -0.630. The highest BCUT2D eigenvalue weighted by Gasteiger charge is 2.41. The first-order chi connectivity index (χ1) is 6.77. The number of hydrogen-bond donors (Lipinski definition) is 0. The summed E-state index contributed by atoms with van der Waals surface area (Å²) in [6.07, 6.45) is 0.868. The Morgan fingerprint density at radius 2 is 2.00 bits per heavy atom. The Bertz CT molecular complexity index is 234. The van der Waals surface area contributed by atoms with Crippen molar-refractivity contribution in [2.45, 2.75) is 12.0 Å². The molecule has 2 saturated heterocycles. The second-order valence-electron chi connectivity index (χ2n) is 4.24. The summed E-state index contributed by atoms with van der Waals surface area (Å²) in [4.78, 5) is 4.59. The van der Waals surface area contributed by atoms with Gasteiger partial charge >= 0.3 is 0 Å². The molecule has 0 radical (unpaired) electrons. The van der Waals surface area contributed by atoms with Crippen molar-refractivity contribution in [2.24, 2.45) is 0 Å². The molecule has 0 bridgehead atoms. The molecule has 1 atom stereocenters. The van der Waals surface area contributed by atoms with Crippen LogP contribution in [0.5, 0.6) is 0 Å². The lowest BCUT2D eigenvalue weighted by molar-refractivity contribution is 0.0613. The number of likely N-dealkylation sites (N-methyl/N-ethyl adjacent to an activating group) is 1. The number of nitriles is 1. The van der Waals surface area contributed by atoms with E-state index < -0.39 is 0 Å². The number of ether oxygens (including phenoxy) is 1. The number of nitrogens with zero attached hydrogens (tertiary/aromatic N) is 3. The summed E-state index contributed by atoms with van der Waals surface area (Å²) in [5, 5.41) is 9.25. The molecule has 2 rings (SSSR count). The SMILES string of the molecule is CN1CCN(C2(C#N)CCOC2)CC1. The summed E-state index contributed by atoms with van der Waals surface area (Å²) >= 11 is 0. The minimum atomic E-state index is -0.318. The topological polar surface area (TPSA) is 39.5 Å². The predicted octanol–water partition coefficient (Wildman–Crippen LogP) is -0.0835. The molecule has 78 valence electrons. The van der Waals surface area contributed by atoms with Gasteiger partial charge in [0.25, 0.3) is 0 Å².